The standard InChI is InChI=1S/C19H17ClN2O4/c1-4-9-26-16-8-6-15(20)10-14(16)12-21-22-19(23)13-5-7-17(24-2)18(11-13)25-3/h1,5-8,10-12H,9H2,2-3H3,(H,22,23)/b21-12+. The van der Waals surface area contributed by atoms with Crippen molar-refractivity contribution in [2.45, 2.75) is 0 Å². The number of rotatable bonds is 7. The molecule has 0 spiro atoms. The number of methoxy groups -OCH3 is 2. The van der Waals surface area contributed by atoms with Gasteiger partial charge in [0, 0.05) is 16.1 Å². The molecule has 0 heterocycles. The van der Waals surface area contributed by atoms with E-state index in [9.17, 15) is 4.79 Å². The minimum absolute atomic E-state index is 0.112. The van der Waals surface area contributed by atoms with Crippen molar-refractivity contribution in [3.8, 4) is 29.6 Å². The van der Waals surface area contributed by atoms with Gasteiger partial charge in [-0.1, -0.05) is 17.5 Å². The summed E-state index contributed by atoms with van der Waals surface area (Å²) >= 11 is 5.98. The number of terminal acetylenes is 1. The molecule has 2 rings (SSSR count). The summed E-state index contributed by atoms with van der Waals surface area (Å²) < 4.78 is 15.7. The maximum atomic E-state index is 12.2. The molecule has 1 N–H and O–H groups in total. The molecule has 0 saturated heterocycles. The first-order valence-corrected chi connectivity index (χ1v) is 7.88. The average Bonchev–Trinajstić information content (AvgIpc) is 2.66. The Balaban J connectivity index is 2.12. The summed E-state index contributed by atoms with van der Waals surface area (Å²) in [6.45, 7) is 0.112. The zero-order valence-corrected chi connectivity index (χ0v) is 15.0. The summed E-state index contributed by atoms with van der Waals surface area (Å²) in [6, 6.07) is 9.81. The summed E-state index contributed by atoms with van der Waals surface area (Å²) in [4.78, 5) is 12.2. The molecule has 0 radical (unpaired) electrons. The van der Waals surface area contributed by atoms with Gasteiger partial charge in [-0.15, -0.1) is 6.42 Å². The molecule has 2 aromatic carbocycles. The smallest absolute Gasteiger partial charge is 0.271 e. The third-order valence-electron chi connectivity index (χ3n) is 3.30. The van der Waals surface area contributed by atoms with E-state index in [4.69, 9.17) is 32.2 Å². The number of nitrogens with one attached hydrogen (secondary N) is 1. The summed E-state index contributed by atoms with van der Waals surface area (Å²) in [5.41, 5.74) is 3.39. The lowest BCUT2D eigenvalue weighted by Crippen LogP contribution is -2.17. The first-order valence-electron chi connectivity index (χ1n) is 7.50. The van der Waals surface area contributed by atoms with E-state index in [0.717, 1.165) is 0 Å². The summed E-state index contributed by atoms with van der Waals surface area (Å²) in [5, 5.41) is 4.44. The highest BCUT2D eigenvalue weighted by molar-refractivity contribution is 6.30. The number of hydrogen-bond donors (Lipinski definition) is 1. The van der Waals surface area contributed by atoms with Gasteiger partial charge in [-0.05, 0) is 36.4 Å². The average molecular weight is 373 g/mol. The zero-order valence-electron chi connectivity index (χ0n) is 14.3. The fourth-order valence-electron chi connectivity index (χ4n) is 2.07. The predicted molar refractivity (Wildman–Crippen MR) is 100 cm³/mol. The number of ether oxygens (including phenoxy) is 3. The van der Waals surface area contributed by atoms with E-state index in [1.54, 1.807) is 36.4 Å². The van der Waals surface area contributed by atoms with Crippen molar-refractivity contribution in [1.82, 2.24) is 5.43 Å². The number of nitrogens with zero attached hydrogens (tertiary/aromatic N) is 1. The second-order valence-corrected chi connectivity index (χ2v) is 5.38. The van der Waals surface area contributed by atoms with Crippen molar-refractivity contribution in [2.75, 3.05) is 20.8 Å². The molecule has 26 heavy (non-hydrogen) atoms. The molecule has 0 unspecified atom stereocenters. The van der Waals surface area contributed by atoms with Crippen LogP contribution < -0.4 is 19.6 Å². The third-order valence-corrected chi connectivity index (χ3v) is 3.53. The first kappa shape index (κ1) is 19.2. The van der Waals surface area contributed by atoms with E-state index in [1.807, 2.05) is 0 Å². The molecule has 6 nitrogen and oxygen atoms in total. The highest BCUT2D eigenvalue weighted by atomic mass is 35.5. The Morgan fingerprint density at radius 2 is 1.92 bits per heavy atom. The Hall–Kier alpha value is -3.17. The number of hydrazone groups is 1. The van der Waals surface area contributed by atoms with Gasteiger partial charge in [-0.25, -0.2) is 5.43 Å². The Morgan fingerprint density at radius 3 is 2.62 bits per heavy atom. The molecule has 0 fully saturated rings. The molecule has 134 valence electrons. The number of carbonyl (C=O) groups excluding carboxylic acids is 1. The lowest BCUT2D eigenvalue weighted by atomic mass is 10.2. The van der Waals surface area contributed by atoms with Gasteiger partial charge in [0.1, 0.15) is 12.4 Å². The van der Waals surface area contributed by atoms with E-state index in [1.165, 1.54) is 20.4 Å². The summed E-state index contributed by atoms with van der Waals surface area (Å²) in [6.07, 6.45) is 6.62. The number of halogens is 1. The van der Waals surface area contributed by atoms with Crippen LogP contribution in [-0.2, 0) is 0 Å². The van der Waals surface area contributed by atoms with Crippen LogP contribution in [0, 0.1) is 12.3 Å². The first-order chi connectivity index (χ1) is 12.6. The number of carbonyl (C=O) groups is 1. The summed E-state index contributed by atoms with van der Waals surface area (Å²) in [5.74, 6) is 3.46. The van der Waals surface area contributed by atoms with Crippen LogP contribution in [0.4, 0.5) is 0 Å². The minimum Gasteiger partial charge on any atom is -0.493 e. The fourth-order valence-corrected chi connectivity index (χ4v) is 2.25. The molecule has 0 atom stereocenters. The zero-order chi connectivity index (χ0) is 18.9. The van der Waals surface area contributed by atoms with E-state index in [2.05, 4.69) is 16.4 Å². The maximum absolute atomic E-state index is 12.2. The van der Waals surface area contributed by atoms with E-state index >= 15 is 0 Å². The van der Waals surface area contributed by atoms with Crippen LogP contribution in [0.1, 0.15) is 15.9 Å². The van der Waals surface area contributed by atoms with Crippen molar-refractivity contribution >= 4 is 23.7 Å². The molecule has 1 amide bonds. The Labute approximate surface area is 156 Å². The van der Waals surface area contributed by atoms with Gasteiger partial charge in [0.15, 0.2) is 11.5 Å². The lowest BCUT2D eigenvalue weighted by molar-refractivity contribution is 0.0954. The Morgan fingerprint density at radius 1 is 1.19 bits per heavy atom. The third kappa shape index (κ3) is 4.91. The van der Waals surface area contributed by atoms with Crippen LogP contribution in [0.2, 0.25) is 5.02 Å². The van der Waals surface area contributed by atoms with Crippen molar-refractivity contribution in [1.29, 1.82) is 0 Å². The van der Waals surface area contributed by atoms with Crippen LogP contribution in [0.5, 0.6) is 17.2 Å². The largest absolute Gasteiger partial charge is 0.493 e. The van der Waals surface area contributed by atoms with E-state index < -0.39 is 5.91 Å². The molecule has 0 saturated carbocycles. The molecule has 0 aliphatic carbocycles. The SMILES string of the molecule is C#CCOc1ccc(Cl)cc1/C=N/NC(=O)c1ccc(OC)c(OC)c1. The van der Waals surface area contributed by atoms with Crippen LogP contribution in [0.15, 0.2) is 41.5 Å². The number of amides is 1. The molecule has 7 heteroatoms. The molecule has 0 aliphatic heterocycles. The van der Waals surface area contributed by atoms with Gasteiger partial charge in [0.25, 0.3) is 5.91 Å². The van der Waals surface area contributed by atoms with Crippen molar-refractivity contribution in [3.63, 3.8) is 0 Å². The second-order valence-electron chi connectivity index (χ2n) is 4.94. The Kier molecular flexibility index (Phi) is 6.89. The van der Waals surface area contributed by atoms with Crippen LogP contribution in [-0.4, -0.2) is 32.9 Å². The minimum atomic E-state index is -0.407. The molecular formula is C19H17ClN2O4. The quantitative estimate of drug-likeness (QED) is 0.460. The topological polar surface area (TPSA) is 69.2 Å². The number of hydrogen-bond acceptors (Lipinski definition) is 5. The highest BCUT2D eigenvalue weighted by Gasteiger charge is 2.10. The molecular weight excluding hydrogens is 356 g/mol. The van der Waals surface area contributed by atoms with E-state index in [0.29, 0.717) is 33.4 Å². The van der Waals surface area contributed by atoms with Gasteiger partial charge >= 0.3 is 0 Å². The van der Waals surface area contributed by atoms with Gasteiger partial charge in [0.05, 0.1) is 20.4 Å². The predicted octanol–water partition coefficient (Wildman–Crippen LogP) is 3.13. The molecule has 0 bridgehead atoms. The normalized spacial score (nSPS) is 10.2. The van der Waals surface area contributed by atoms with Crippen molar-refractivity contribution < 1.29 is 19.0 Å². The van der Waals surface area contributed by atoms with Gasteiger partial charge in [-0.2, -0.15) is 5.10 Å². The second kappa shape index (κ2) is 9.35. The maximum Gasteiger partial charge on any atom is 0.271 e. The van der Waals surface area contributed by atoms with Crippen molar-refractivity contribution in [3.05, 3.63) is 52.5 Å². The van der Waals surface area contributed by atoms with Gasteiger partial charge < -0.3 is 14.2 Å². The van der Waals surface area contributed by atoms with Crippen LogP contribution in [0.3, 0.4) is 0 Å². The summed E-state index contributed by atoms with van der Waals surface area (Å²) in [7, 11) is 3.02. The molecule has 0 aliphatic rings. The molecule has 0 aromatic heterocycles. The Bertz CT molecular complexity index is 859. The monoisotopic (exact) mass is 372 g/mol. The van der Waals surface area contributed by atoms with Crippen LogP contribution >= 0.6 is 11.6 Å². The van der Waals surface area contributed by atoms with Gasteiger partial charge in [-0.3, -0.25) is 4.79 Å². The van der Waals surface area contributed by atoms with E-state index in [-0.39, 0.29) is 6.61 Å². The lowest BCUT2D eigenvalue weighted by Gasteiger charge is -2.09. The highest BCUT2D eigenvalue weighted by Crippen LogP contribution is 2.27. The van der Waals surface area contributed by atoms with Gasteiger partial charge in [0.2, 0.25) is 0 Å². The fraction of sp³-hybridized carbons (Fsp3) is 0.158. The van der Waals surface area contributed by atoms with Crippen LogP contribution in [0.25, 0.3) is 0 Å². The molecule has 2 aromatic rings. The van der Waals surface area contributed by atoms with Crippen molar-refractivity contribution in [2.24, 2.45) is 5.10 Å². The number of benzene rings is 2.